The summed E-state index contributed by atoms with van der Waals surface area (Å²) in [6.45, 7) is 0. The molecule has 11 heavy (non-hydrogen) atoms. The van der Waals surface area contributed by atoms with Crippen LogP contribution >= 0.6 is 0 Å². The number of nitrogens with zero attached hydrogens (tertiary/aromatic N) is 2. The molecule has 0 saturated heterocycles. The van der Waals surface area contributed by atoms with E-state index in [1.54, 1.807) is 6.42 Å². The van der Waals surface area contributed by atoms with Gasteiger partial charge in [0.2, 0.25) is 0 Å². The lowest BCUT2D eigenvalue weighted by Crippen LogP contribution is -2.40. The van der Waals surface area contributed by atoms with Crippen LogP contribution in [0.1, 0.15) is 6.42 Å². The van der Waals surface area contributed by atoms with Gasteiger partial charge in [0.1, 0.15) is 6.29 Å². The quantitative estimate of drug-likeness (QED) is 0.421. The first-order valence-corrected chi connectivity index (χ1v) is 3.69. The molecule has 0 atom stereocenters. The molecule has 0 aromatic carbocycles. The third-order valence-corrected chi connectivity index (χ3v) is 1.64. The van der Waals surface area contributed by atoms with Crippen LogP contribution in [-0.2, 0) is 4.79 Å². The summed E-state index contributed by atoms with van der Waals surface area (Å²) in [5, 5.41) is 0. The largest absolute Gasteiger partial charge is 0.303 e. The predicted molar refractivity (Wildman–Crippen MR) is 46.1 cm³/mol. The zero-order valence-electron chi connectivity index (χ0n) is 7.74. The van der Waals surface area contributed by atoms with Crippen LogP contribution in [0.5, 0.6) is 0 Å². The Hall–Kier alpha value is -0.410. The van der Waals surface area contributed by atoms with E-state index >= 15 is 0 Å². The van der Waals surface area contributed by atoms with E-state index in [0.717, 1.165) is 12.7 Å². The molecule has 3 heteroatoms. The molecule has 0 unspecified atom stereocenters. The summed E-state index contributed by atoms with van der Waals surface area (Å²) in [7, 11) is 8.01. The van der Waals surface area contributed by atoms with Gasteiger partial charge in [0.15, 0.2) is 0 Å². The van der Waals surface area contributed by atoms with Gasteiger partial charge in [-0.15, -0.1) is 0 Å². The summed E-state index contributed by atoms with van der Waals surface area (Å²) in [6, 6.07) is 0. The van der Waals surface area contributed by atoms with Gasteiger partial charge in [-0.2, -0.15) is 0 Å². The molecule has 0 bridgehead atoms. The van der Waals surface area contributed by atoms with E-state index in [0.29, 0.717) is 6.17 Å². The summed E-state index contributed by atoms with van der Waals surface area (Å²) < 4.78 is 0. The van der Waals surface area contributed by atoms with Crippen molar-refractivity contribution in [3.8, 4) is 0 Å². The SMILES string of the molecule is CN(C)C(C[CH]C=O)N(C)C. The second-order valence-corrected chi connectivity index (χ2v) is 3.02. The Labute approximate surface area is 69.0 Å². The van der Waals surface area contributed by atoms with Gasteiger partial charge in [0.05, 0.1) is 6.17 Å². The van der Waals surface area contributed by atoms with Crippen LogP contribution in [0.25, 0.3) is 0 Å². The highest BCUT2D eigenvalue weighted by Crippen LogP contribution is 2.03. The average Bonchev–Trinajstić information content (AvgIpc) is 1.87. The Balaban J connectivity index is 3.79. The molecular formula is C8H17N2O. The maximum atomic E-state index is 10.1. The fraction of sp³-hybridized carbons (Fsp3) is 0.750. The summed E-state index contributed by atoms with van der Waals surface area (Å²) in [6.07, 6.45) is 3.59. The molecule has 0 rings (SSSR count). The van der Waals surface area contributed by atoms with Crippen molar-refractivity contribution in [2.24, 2.45) is 0 Å². The first-order valence-electron chi connectivity index (χ1n) is 3.69. The molecule has 0 amide bonds. The van der Waals surface area contributed by atoms with E-state index in [1.807, 2.05) is 28.2 Å². The van der Waals surface area contributed by atoms with Gasteiger partial charge in [-0.25, -0.2) is 0 Å². The topological polar surface area (TPSA) is 23.6 Å². The first kappa shape index (κ1) is 10.6. The van der Waals surface area contributed by atoms with Crippen LogP contribution in [-0.4, -0.2) is 50.4 Å². The van der Waals surface area contributed by atoms with E-state index in [1.165, 1.54) is 0 Å². The van der Waals surface area contributed by atoms with Gasteiger partial charge in [0.25, 0.3) is 0 Å². The standard InChI is InChI=1S/C8H17N2O/c1-9(2)8(10(3)4)6-5-7-11/h5,7-8H,6H2,1-4H3. The number of hydrogen-bond acceptors (Lipinski definition) is 3. The Morgan fingerprint density at radius 3 is 1.91 bits per heavy atom. The minimum Gasteiger partial charge on any atom is -0.303 e. The van der Waals surface area contributed by atoms with Gasteiger partial charge < -0.3 is 4.79 Å². The highest BCUT2D eigenvalue weighted by atomic mass is 16.1. The molecule has 0 aromatic rings. The van der Waals surface area contributed by atoms with Crippen molar-refractivity contribution < 1.29 is 4.79 Å². The summed E-state index contributed by atoms with van der Waals surface area (Å²) in [5.41, 5.74) is 0. The van der Waals surface area contributed by atoms with Crippen LogP contribution in [0.2, 0.25) is 0 Å². The molecule has 65 valence electrons. The lowest BCUT2D eigenvalue weighted by atomic mass is 10.2. The van der Waals surface area contributed by atoms with E-state index in [9.17, 15) is 4.79 Å². The van der Waals surface area contributed by atoms with Crippen LogP contribution in [0.4, 0.5) is 0 Å². The summed E-state index contributed by atoms with van der Waals surface area (Å²) >= 11 is 0. The maximum Gasteiger partial charge on any atom is 0.123 e. The summed E-state index contributed by atoms with van der Waals surface area (Å²) in [4.78, 5) is 14.2. The predicted octanol–water partition coefficient (Wildman–Crippen LogP) is 0.229. The Morgan fingerprint density at radius 2 is 1.64 bits per heavy atom. The molecule has 0 aromatic heterocycles. The number of rotatable bonds is 5. The fourth-order valence-electron chi connectivity index (χ4n) is 1.06. The minimum atomic E-state index is 0.320. The van der Waals surface area contributed by atoms with Crippen LogP contribution in [0.15, 0.2) is 0 Å². The Bertz CT molecular complexity index is 105. The second-order valence-electron chi connectivity index (χ2n) is 3.02. The van der Waals surface area contributed by atoms with E-state index in [-0.39, 0.29) is 0 Å². The zero-order chi connectivity index (χ0) is 8.85. The van der Waals surface area contributed by atoms with Crippen molar-refractivity contribution in [2.45, 2.75) is 12.6 Å². The van der Waals surface area contributed by atoms with Crippen molar-refractivity contribution >= 4 is 6.29 Å². The van der Waals surface area contributed by atoms with E-state index < -0.39 is 0 Å². The normalized spacial score (nSPS) is 11.5. The highest BCUT2D eigenvalue weighted by Gasteiger charge is 2.12. The monoisotopic (exact) mass is 157 g/mol. The lowest BCUT2D eigenvalue weighted by molar-refractivity contribution is -0.105. The van der Waals surface area contributed by atoms with Crippen molar-refractivity contribution in [3.63, 3.8) is 0 Å². The number of carbonyl (C=O) groups excluding carboxylic acids is 1. The second kappa shape index (κ2) is 5.27. The third kappa shape index (κ3) is 4.11. The molecule has 0 N–H and O–H groups in total. The van der Waals surface area contributed by atoms with Gasteiger partial charge >= 0.3 is 0 Å². The fourth-order valence-corrected chi connectivity index (χ4v) is 1.06. The van der Waals surface area contributed by atoms with Gasteiger partial charge in [0, 0.05) is 6.42 Å². The molecule has 0 aliphatic rings. The van der Waals surface area contributed by atoms with Crippen LogP contribution < -0.4 is 0 Å². The molecule has 0 saturated carbocycles. The van der Waals surface area contributed by atoms with E-state index in [2.05, 4.69) is 9.80 Å². The van der Waals surface area contributed by atoms with Gasteiger partial charge in [-0.05, 0) is 34.6 Å². The third-order valence-electron chi connectivity index (χ3n) is 1.64. The maximum absolute atomic E-state index is 10.1. The first-order chi connectivity index (χ1) is 5.09. The highest BCUT2D eigenvalue weighted by molar-refractivity contribution is 5.60. The number of hydrogen-bond donors (Lipinski definition) is 0. The lowest BCUT2D eigenvalue weighted by Gasteiger charge is -2.29. The van der Waals surface area contributed by atoms with Gasteiger partial charge in [-0.3, -0.25) is 9.80 Å². The van der Waals surface area contributed by atoms with Crippen molar-refractivity contribution in [3.05, 3.63) is 6.42 Å². The smallest absolute Gasteiger partial charge is 0.123 e. The zero-order valence-corrected chi connectivity index (χ0v) is 7.74. The Morgan fingerprint density at radius 1 is 1.18 bits per heavy atom. The minimum absolute atomic E-state index is 0.320. The van der Waals surface area contributed by atoms with Crippen LogP contribution in [0, 0.1) is 6.42 Å². The Kier molecular flexibility index (Phi) is 5.07. The molecule has 3 nitrogen and oxygen atoms in total. The van der Waals surface area contributed by atoms with E-state index in [4.69, 9.17) is 0 Å². The molecule has 0 heterocycles. The molecule has 0 aliphatic heterocycles. The molecular weight excluding hydrogens is 140 g/mol. The summed E-state index contributed by atoms with van der Waals surface area (Å²) in [5.74, 6) is 0. The molecule has 0 spiro atoms. The molecule has 1 radical (unpaired) electrons. The van der Waals surface area contributed by atoms with Crippen LogP contribution in [0.3, 0.4) is 0 Å². The number of aldehydes is 1. The van der Waals surface area contributed by atoms with Gasteiger partial charge in [-0.1, -0.05) is 0 Å². The van der Waals surface area contributed by atoms with Crippen molar-refractivity contribution in [1.82, 2.24) is 9.80 Å². The van der Waals surface area contributed by atoms with Crippen molar-refractivity contribution in [1.29, 1.82) is 0 Å². The number of carbonyl (C=O) groups is 1. The molecule has 0 fully saturated rings. The molecule has 0 aliphatic carbocycles. The average molecular weight is 157 g/mol. The van der Waals surface area contributed by atoms with Crippen molar-refractivity contribution in [2.75, 3.05) is 28.2 Å².